The summed E-state index contributed by atoms with van der Waals surface area (Å²) in [5, 5.41) is 3.29. The summed E-state index contributed by atoms with van der Waals surface area (Å²) in [5.41, 5.74) is 7.89. The lowest BCUT2D eigenvalue weighted by Gasteiger charge is -2.16. The molecule has 0 unspecified atom stereocenters. The molecule has 5 nitrogen and oxygen atoms in total. The van der Waals surface area contributed by atoms with Gasteiger partial charge in [0.1, 0.15) is 0 Å². The van der Waals surface area contributed by atoms with Gasteiger partial charge in [0.2, 0.25) is 0 Å². The Hall–Kier alpha value is -1.75. The van der Waals surface area contributed by atoms with E-state index < -0.39 is 0 Å². The Morgan fingerprint density at radius 3 is 2.86 bits per heavy atom. The van der Waals surface area contributed by atoms with E-state index in [1.165, 1.54) is 12.8 Å². The zero-order valence-electron chi connectivity index (χ0n) is 12.9. The first-order valence-electron chi connectivity index (χ1n) is 7.50. The fourth-order valence-corrected chi connectivity index (χ4v) is 2.07. The van der Waals surface area contributed by atoms with Crippen LogP contribution in [0.4, 0.5) is 11.4 Å². The lowest BCUT2D eigenvalue weighted by molar-refractivity contribution is 0.0828. The van der Waals surface area contributed by atoms with Crippen molar-refractivity contribution in [1.82, 2.24) is 4.90 Å². The first kappa shape index (κ1) is 15.6. The summed E-state index contributed by atoms with van der Waals surface area (Å²) in [6.07, 6.45) is 3.55. The van der Waals surface area contributed by atoms with Gasteiger partial charge in [-0.1, -0.05) is 0 Å². The molecule has 5 heteroatoms. The average molecular weight is 291 g/mol. The summed E-state index contributed by atoms with van der Waals surface area (Å²) in [6, 6.07) is 5.33. The van der Waals surface area contributed by atoms with E-state index in [2.05, 4.69) is 5.32 Å². The number of nitrogens with two attached hydrogens (primary N) is 1. The van der Waals surface area contributed by atoms with Crippen LogP contribution in [0, 0.1) is 5.92 Å². The van der Waals surface area contributed by atoms with E-state index in [0.29, 0.717) is 11.3 Å². The van der Waals surface area contributed by atoms with Crippen molar-refractivity contribution in [2.75, 3.05) is 44.9 Å². The van der Waals surface area contributed by atoms with Gasteiger partial charge in [-0.3, -0.25) is 4.79 Å². The highest BCUT2D eigenvalue weighted by Gasteiger charge is 2.20. The van der Waals surface area contributed by atoms with E-state index in [1.807, 2.05) is 6.07 Å². The molecule has 1 aliphatic carbocycles. The molecular weight excluding hydrogens is 266 g/mol. The zero-order valence-corrected chi connectivity index (χ0v) is 12.9. The van der Waals surface area contributed by atoms with Crippen LogP contribution < -0.4 is 11.1 Å². The van der Waals surface area contributed by atoms with Crippen LogP contribution in [0.25, 0.3) is 0 Å². The third-order valence-electron chi connectivity index (χ3n) is 3.51. The fraction of sp³-hybridized carbons (Fsp3) is 0.562. The Balaban J connectivity index is 1.82. The Bertz CT molecular complexity index is 484. The van der Waals surface area contributed by atoms with Gasteiger partial charge in [-0.2, -0.15) is 0 Å². The van der Waals surface area contributed by atoms with Gasteiger partial charge >= 0.3 is 0 Å². The number of carbonyl (C=O) groups is 1. The molecule has 1 fully saturated rings. The van der Waals surface area contributed by atoms with E-state index in [4.69, 9.17) is 10.5 Å². The van der Waals surface area contributed by atoms with Gasteiger partial charge in [-0.25, -0.2) is 0 Å². The van der Waals surface area contributed by atoms with Gasteiger partial charge in [0.05, 0.1) is 5.56 Å². The number of carbonyl (C=O) groups excluding carboxylic acids is 1. The van der Waals surface area contributed by atoms with Crippen LogP contribution in [0.3, 0.4) is 0 Å². The van der Waals surface area contributed by atoms with E-state index in [9.17, 15) is 4.79 Å². The number of anilines is 2. The van der Waals surface area contributed by atoms with Crippen molar-refractivity contribution in [1.29, 1.82) is 0 Å². The maximum absolute atomic E-state index is 12.1. The molecule has 0 bridgehead atoms. The second kappa shape index (κ2) is 7.31. The summed E-state index contributed by atoms with van der Waals surface area (Å²) < 4.78 is 5.60. The maximum Gasteiger partial charge on any atom is 0.255 e. The normalized spacial score (nSPS) is 14.0. The summed E-state index contributed by atoms with van der Waals surface area (Å²) in [4.78, 5) is 13.7. The monoisotopic (exact) mass is 291 g/mol. The van der Waals surface area contributed by atoms with E-state index >= 15 is 0 Å². The number of hydrogen-bond acceptors (Lipinski definition) is 4. The molecule has 0 radical (unpaired) electrons. The Kier molecular flexibility index (Phi) is 5.44. The van der Waals surface area contributed by atoms with Crippen LogP contribution in [0.5, 0.6) is 0 Å². The fourth-order valence-electron chi connectivity index (χ4n) is 2.07. The SMILES string of the molecule is CN(C)C(=O)c1ccc(N)cc1NCCCOCC1CC1. The summed E-state index contributed by atoms with van der Waals surface area (Å²) in [5.74, 6) is 0.777. The lowest BCUT2D eigenvalue weighted by atomic mass is 10.1. The topological polar surface area (TPSA) is 67.6 Å². The van der Waals surface area contributed by atoms with E-state index in [-0.39, 0.29) is 5.91 Å². The van der Waals surface area contributed by atoms with Crippen LogP contribution in [0.2, 0.25) is 0 Å². The molecule has 0 aliphatic heterocycles. The third-order valence-corrected chi connectivity index (χ3v) is 3.51. The highest BCUT2D eigenvalue weighted by molar-refractivity contribution is 5.99. The second-order valence-corrected chi connectivity index (χ2v) is 5.80. The number of amides is 1. The summed E-state index contributed by atoms with van der Waals surface area (Å²) >= 11 is 0. The summed E-state index contributed by atoms with van der Waals surface area (Å²) in [7, 11) is 3.49. The number of nitrogens with zero attached hydrogens (tertiary/aromatic N) is 1. The van der Waals surface area contributed by atoms with Gasteiger partial charge in [0, 0.05) is 45.2 Å². The van der Waals surface area contributed by atoms with Gasteiger partial charge in [0.25, 0.3) is 5.91 Å². The van der Waals surface area contributed by atoms with Crippen LogP contribution in [0.1, 0.15) is 29.6 Å². The van der Waals surface area contributed by atoms with Crippen molar-refractivity contribution in [3.8, 4) is 0 Å². The maximum atomic E-state index is 12.1. The molecule has 0 heterocycles. The number of ether oxygens (including phenoxy) is 1. The lowest BCUT2D eigenvalue weighted by Crippen LogP contribution is -2.23. The zero-order chi connectivity index (χ0) is 15.2. The number of nitrogens with one attached hydrogen (secondary N) is 1. The van der Waals surface area contributed by atoms with E-state index in [0.717, 1.165) is 37.8 Å². The molecule has 3 N–H and O–H groups in total. The van der Waals surface area contributed by atoms with Crippen molar-refractivity contribution >= 4 is 17.3 Å². The minimum atomic E-state index is -0.0255. The quantitative estimate of drug-likeness (QED) is 0.569. The number of nitrogen functional groups attached to an aromatic ring is 1. The van der Waals surface area contributed by atoms with Crippen molar-refractivity contribution in [3.05, 3.63) is 23.8 Å². The Labute approximate surface area is 126 Å². The number of rotatable bonds is 8. The Morgan fingerprint density at radius 1 is 1.43 bits per heavy atom. The van der Waals surface area contributed by atoms with Gasteiger partial charge in [-0.05, 0) is 43.4 Å². The molecular formula is C16H25N3O2. The molecule has 0 spiro atoms. The highest BCUT2D eigenvalue weighted by atomic mass is 16.5. The number of benzene rings is 1. The van der Waals surface area contributed by atoms with Gasteiger partial charge < -0.3 is 20.7 Å². The first-order chi connectivity index (χ1) is 10.1. The standard InChI is InChI=1S/C16H25N3O2/c1-19(2)16(20)14-7-6-13(17)10-15(14)18-8-3-9-21-11-12-4-5-12/h6-7,10,12,18H,3-5,8-9,11,17H2,1-2H3. The largest absolute Gasteiger partial charge is 0.399 e. The van der Waals surface area contributed by atoms with Crippen molar-refractivity contribution in [3.63, 3.8) is 0 Å². The molecule has 21 heavy (non-hydrogen) atoms. The molecule has 116 valence electrons. The second-order valence-electron chi connectivity index (χ2n) is 5.80. The van der Waals surface area contributed by atoms with Crippen LogP contribution in [0.15, 0.2) is 18.2 Å². The van der Waals surface area contributed by atoms with Crippen molar-refractivity contribution in [2.45, 2.75) is 19.3 Å². The predicted molar refractivity (Wildman–Crippen MR) is 85.5 cm³/mol. The molecule has 1 aromatic carbocycles. The molecule has 2 rings (SSSR count). The van der Waals surface area contributed by atoms with Crippen LogP contribution in [-0.2, 0) is 4.74 Å². The molecule has 0 aromatic heterocycles. The minimum absolute atomic E-state index is 0.0255. The van der Waals surface area contributed by atoms with Gasteiger partial charge in [-0.15, -0.1) is 0 Å². The molecule has 0 atom stereocenters. The third kappa shape index (κ3) is 4.93. The highest BCUT2D eigenvalue weighted by Crippen LogP contribution is 2.28. The van der Waals surface area contributed by atoms with Crippen molar-refractivity contribution < 1.29 is 9.53 Å². The molecule has 1 aromatic rings. The molecule has 1 amide bonds. The van der Waals surface area contributed by atoms with Crippen LogP contribution >= 0.6 is 0 Å². The molecule has 1 saturated carbocycles. The minimum Gasteiger partial charge on any atom is -0.399 e. The molecule has 0 saturated heterocycles. The number of hydrogen-bond donors (Lipinski definition) is 2. The van der Waals surface area contributed by atoms with Crippen molar-refractivity contribution in [2.24, 2.45) is 5.92 Å². The van der Waals surface area contributed by atoms with Gasteiger partial charge in [0.15, 0.2) is 0 Å². The van der Waals surface area contributed by atoms with E-state index in [1.54, 1.807) is 31.1 Å². The smallest absolute Gasteiger partial charge is 0.255 e. The average Bonchev–Trinajstić information content (AvgIpc) is 3.26. The molecule has 1 aliphatic rings. The summed E-state index contributed by atoms with van der Waals surface area (Å²) in [6.45, 7) is 2.41. The first-order valence-corrected chi connectivity index (χ1v) is 7.50. The Morgan fingerprint density at radius 2 is 2.19 bits per heavy atom. The predicted octanol–water partition coefficient (Wildman–Crippen LogP) is 2.20. The van der Waals surface area contributed by atoms with Crippen LogP contribution in [-0.4, -0.2) is 44.7 Å².